The van der Waals surface area contributed by atoms with Gasteiger partial charge in [-0.05, 0) is 56.2 Å². The predicted molar refractivity (Wildman–Crippen MR) is 97.8 cm³/mol. The minimum absolute atomic E-state index is 0.380. The van der Waals surface area contributed by atoms with Gasteiger partial charge in [-0.15, -0.1) is 0 Å². The first-order valence-corrected chi connectivity index (χ1v) is 9.47. The zero-order valence-electron chi connectivity index (χ0n) is 14.3. The summed E-state index contributed by atoms with van der Waals surface area (Å²) in [6.45, 7) is 5.46. The van der Waals surface area contributed by atoms with E-state index < -0.39 is 16.1 Å². The lowest BCUT2D eigenvalue weighted by atomic mass is 10.1. The molecule has 2 rings (SSSR count). The van der Waals surface area contributed by atoms with Crippen molar-refractivity contribution in [1.82, 2.24) is 0 Å². The molecule has 1 atom stereocenters. The van der Waals surface area contributed by atoms with Crippen LogP contribution >= 0.6 is 0 Å². The van der Waals surface area contributed by atoms with Crippen molar-refractivity contribution in [2.75, 3.05) is 15.9 Å². The SMILES string of the molecule is Cc1cc(C)cc(NC(=O)[C@@H](C)N(c2ccccc2)S(C)(=O)=O)c1. The molecule has 0 saturated carbocycles. The highest BCUT2D eigenvalue weighted by molar-refractivity contribution is 7.92. The van der Waals surface area contributed by atoms with Crippen molar-refractivity contribution in [3.8, 4) is 0 Å². The molecule has 0 aromatic heterocycles. The monoisotopic (exact) mass is 346 g/mol. The molecule has 0 unspecified atom stereocenters. The van der Waals surface area contributed by atoms with E-state index in [1.165, 1.54) is 0 Å². The summed E-state index contributed by atoms with van der Waals surface area (Å²) in [5, 5.41) is 2.80. The number of anilines is 2. The Morgan fingerprint density at radius 2 is 1.58 bits per heavy atom. The highest BCUT2D eigenvalue weighted by Gasteiger charge is 2.29. The van der Waals surface area contributed by atoms with Crippen molar-refractivity contribution in [3.63, 3.8) is 0 Å². The summed E-state index contributed by atoms with van der Waals surface area (Å²) in [7, 11) is -3.60. The topological polar surface area (TPSA) is 66.5 Å². The zero-order valence-corrected chi connectivity index (χ0v) is 15.1. The number of benzene rings is 2. The first-order valence-electron chi connectivity index (χ1n) is 7.62. The minimum atomic E-state index is -3.60. The third-order valence-corrected chi connectivity index (χ3v) is 4.83. The van der Waals surface area contributed by atoms with Gasteiger partial charge in [-0.3, -0.25) is 9.10 Å². The van der Waals surface area contributed by atoms with E-state index in [1.807, 2.05) is 32.0 Å². The van der Waals surface area contributed by atoms with E-state index in [0.717, 1.165) is 21.7 Å². The molecule has 0 aliphatic carbocycles. The standard InChI is InChI=1S/C18H22N2O3S/c1-13-10-14(2)12-16(11-13)19-18(21)15(3)20(24(4,22)23)17-8-6-5-7-9-17/h5-12,15H,1-4H3,(H,19,21)/t15-/m1/s1. The molecule has 1 amide bonds. The first-order chi connectivity index (χ1) is 11.2. The summed E-state index contributed by atoms with van der Waals surface area (Å²) in [5.41, 5.74) is 3.18. The van der Waals surface area contributed by atoms with Crippen molar-refractivity contribution in [3.05, 3.63) is 59.7 Å². The lowest BCUT2D eigenvalue weighted by Gasteiger charge is -2.28. The smallest absolute Gasteiger partial charge is 0.247 e. The largest absolute Gasteiger partial charge is 0.324 e. The Morgan fingerprint density at radius 3 is 2.08 bits per heavy atom. The lowest BCUT2D eigenvalue weighted by Crippen LogP contribution is -2.45. The molecule has 128 valence electrons. The van der Waals surface area contributed by atoms with Gasteiger partial charge in [0.1, 0.15) is 6.04 Å². The summed E-state index contributed by atoms with van der Waals surface area (Å²) in [6, 6.07) is 13.4. The Hall–Kier alpha value is -2.34. The Balaban J connectivity index is 2.29. The average molecular weight is 346 g/mol. The highest BCUT2D eigenvalue weighted by atomic mass is 32.2. The molecule has 0 aliphatic rings. The Morgan fingerprint density at radius 1 is 1.04 bits per heavy atom. The summed E-state index contributed by atoms with van der Waals surface area (Å²) < 4.78 is 25.5. The van der Waals surface area contributed by atoms with E-state index in [-0.39, 0.29) is 5.91 Å². The van der Waals surface area contributed by atoms with Gasteiger partial charge in [0.05, 0.1) is 11.9 Å². The molecule has 24 heavy (non-hydrogen) atoms. The van der Waals surface area contributed by atoms with E-state index in [2.05, 4.69) is 5.32 Å². The van der Waals surface area contributed by atoms with Gasteiger partial charge < -0.3 is 5.32 Å². The quantitative estimate of drug-likeness (QED) is 0.905. The van der Waals surface area contributed by atoms with E-state index in [0.29, 0.717) is 11.4 Å². The fraction of sp³-hybridized carbons (Fsp3) is 0.278. The lowest BCUT2D eigenvalue weighted by molar-refractivity contribution is -0.116. The van der Waals surface area contributed by atoms with Crippen LogP contribution in [0.3, 0.4) is 0 Å². The molecule has 0 aliphatic heterocycles. The molecule has 6 heteroatoms. The predicted octanol–water partition coefficient (Wildman–Crippen LogP) is 3.10. The second-order valence-corrected chi connectivity index (χ2v) is 7.80. The summed E-state index contributed by atoms with van der Waals surface area (Å²) in [5.74, 6) is -0.380. The molecule has 2 aromatic carbocycles. The van der Waals surface area contributed by atoms with Crippen LogP contribution in [0.25, 0.3) is 0 Å². The zero-order chi connectivity index (χ0) is 17.9. The molecule has 5 nitrogen and oxygen atoms in total. The van der Waals surface area contributed by atoms with Gasteiger partial charge in [0, 0.05) is 5.69 Å². The number of nitrogens with zero attached hydrogens (tertiary/aromatic N) is 1. The van der Waals surface area contributed by atoms with E-state index >= 15 is 0 Å². The van der Waals surface area contributed by atoms with Crippen LogP contribution in [0, 0.1) is 13.8 Å². The van der Waals surface area contributed by atoms with Gasteiger partial charge in [0.2, 0.25) is 15.9 Å². The molecule has 0 heterocycles. The number of carbonyl (C=O) groups excluding carboxylic acids is 1. The van der Waals surface area contributed by atoms with Crippen molar-refractivity contribution in [2.45, 2.75) is 26.8 Å². The van der Waals surface area contributed by atoms with Crippen LogP contribution in [0.4, 0.5) is 11.4 Å². The van der Waals surface area contributed by atoms with Gasteiger partial charge >= 0.3 is 0 Å². The molecule has 0 bridgehead atoms. The molecule has 1 N–H and O–H groups in total. The summed E-state index contributed by atoms with van der Waals surface area (Å²) in [6.07, 6.45) is 1.10. The van der Waals surface area contributed by atoms with Crippen LogP contribution in [-0.4, -0.2) is 26.6 Å². The third-order valence-electron chi connectivity index (χ3n) is 3.59. The van der Waals surface area contributed by atoms with E-state index in [1.54, 1.807) is 37.3 Å². The number of rotatable bonds is 5. The number of hydrogen-bond donors (Lipinski definition) is 1. The Labute approximate surface area is 143 Å². The number of para-hydroxylation sites is 1. The van der Waals surface area contributed by atoms with Crippen molar-refractivity contribution >= 4 is 27.3 Å². The summed E-state index contributed by atoms with van der Waals surface area (Å²) >= 11 is 0. The van der Waals surface area contributed by atoms with E-state index in [9.17, 15) is 13.2 Å². The van der Waals surface area contributed by atoms with Gasteiger partial charge in [0.25, 0.3) is 0 Å². The second kappa shape index (κ2) is 7.05. The number of nitrogens with one attached hydrogen (secondary N) is 1. The van der Waals surface area contributed by atoms with Crippen LogP contribution in [0.2, 0.25) is 0 Å². The van der Waals surface area contributed by atoms with Gasteiger partial charge in [-0.1, -0.05) is 24.3 Å². The Kier molecular flexibility index (Phi) is 5.29. The molecule has 0 radical (unpaired) electrons. The number of hydrogen-bond acceptors (Lipinski definition) is 3. The number of aryl methyl sites for hydroxylation is 2. The normalized spacial score (nSPS) is 12.5. The van der Waals surface area contributed by atoms with Crippen LogP contribution in [0.15, 0.2) is 48.5 Å². The van der Waals surface area contributed by atoms with Crippen LogP contribution in [0.1, 0.15) is 18.1 Å². The molecule has 0 fully saturated rings. The number of amides is 1. The third kappa shape index (κ3) is 4.35. The van der Waals surface area contributed by atoms with Crippen LogP contribution in [0.5, 0.6) is 0 Å². The van der Waals surface area contributed by atoms with Crippen molar-refractivity contribution in [1.29, 1.82) is 0 Å². The fourth-order valence-corrected chi connectivity index (χ4v) is 3.85. The molecular weight excluding hydrogens is 324 g/mol. The molecular formula is C18H22N2O3S. The van der Waals surface area contributed by atoms with Crippen LogP contribution < -0.4 is 9.62 Å². The van der Waals surface area contributed by atoms with Gasteiger partial charge in [-0.25, -0.2) is 8.42 Å². The van der Waals surface area contributed by atoms with Crippen LogP contribution in [-0.2, 0) is 14.8 Å². The van der Waals surface area contributed by atoms with E-state index in [4.69, 9.17) is 0 Å². The van der Waals surface area contributed by atoms with Crippen molar-refractivity contribution in [2.24, 2.45) is 0 Å². The van der Waals surface area contributed by atoms with Gasteiger partial charge in [-0.2, -0.15) is 0 Å². The highest BCUT2D eigenvalue weighted by Crippen LogP contribution is 2.21. The molecule has 0 saturated heterocycles. The number of carbonyl (C=O) groups is 1. The molecule has 0 spiro atoms. The maximum atomic E-state index is 12.6. The van der Waals surface area contributed by atoms with Gasteiger partial charge in [0.15, 0.2) is 0 Å². The second-order valence-electron chi connectivity index (χ2n) is 5.94. The van der Waals surface area contributed by atoms with Crippen molar-refractivity contribution < 1.29 is 13.2 Å². The molecule has 2 aromatic rings. The first kappa shape index (κ1) is 18.0. The number of sulfonamides is 1. The Bertz CT molecular complexity index is 812. The maximum absolute atomic E-state index is 12.6. The summed E-state index contributed by atoms with van der Waals surface area (Å²) in [4.78, 5) is 12.6. The maximum Gasteiger partial charge on any atom is 0.247 e. The fourth-order valence-electron chi connectivity index (χ4n) is 2.68. The minimum Gasteiger partial charge on any atom is -0.324 e. The average Bonchev–Trinajstić information content (AvgIpc) is 2.45.